The second-order valence-electron chi connectivity index (χ2n) is 4.93. The maximum atomic E-state index is 12.4. The molecule has 1 amide bonds. The number of carboxylic acids is 1. The van der Waals surface area contributed by atoms with Gasteiger partial charge in [-0.3, -0.25) is 9.59 Å². The molecule has 0 aromatic carbocycles. The number of aromatic nitrogens is 1. The van der Waals surface area contributed by atoms with Gasteiger partial charge in [-0.05, 0) is 32.9 Å². The first-order chi connectivity index (χ1) is 8.62. The van der Waals surface area contributed by atoms with Crippen molar-refractivity contribution in [2.75, 3.05) is 6.54 Å². The zero-order valence-electron chi connectivity index (χ0n) is 10.8. The third-order valence-corrected chi connectivity index (χ3v) is 2.89. The molecule has 0 fully saturated rings. The average Bonchev–Trinajstić information content (AvgIpc) is 2.23. The summed E-state index contributed by atoms with van der Waals surface area (Å²) < 4.78 is 0. The number of hydrogen-bond acceptors (Lipinski definition) is 3. The van der Waals surface area contributed by atoms with Gasteiger partial charge in [-0.2, -0.15) is 0 Å². The normalized spacial score (nSPS) is 11.2. The third-order valence-electron chi connectivity index (χ3n) is 2.39. The molecule has 1 heterocycles. The molecular weight excluding hydrogens is 291 g/mol. The first kappa shape index (κ1) is 15.7. The van der Waals surface area contributed by atoms with Crippen molar-refractivity contribution in [2.24, 2.45) is 0 Å². The van der Waals surface area contributed by atoms with Crippen LogP contribution in [0.3, 0.4) is 0 Å². The van der Waals surface area contributed by atoms with Gasteiger partial charge in [-0.1, -0.05) is 23.2 Å². The van der Waals surface area contributed by atoms with Crippen molar-refractivity contribution in [3.05, 3.63) is 28.0 Å². The number of pyridine rings is 1. The van der Waals surface area contributed by atoms with Gasteiger partial charge in [0.2, 0.25) is 0 Å². The van der Waals surface area contributed by atoms with Gasteiger partial charge in [0, 0.05) is 5.54 Å². The summed E-state index contributed by atoms with van der Waals surface area (Å²) in [7, 11) is 0. The molecule has 0 atom stereocenters. The Hall–Kier alpha value is -1.33. The van der Waals surface area contributed by atoms with Crippen LogP contribution in [0.1, 0.15) is 31.1 Å². The second kappa shape index (κ2) is 5.75. The Morgan fingerprint density at radius 2 is 1.89 bits per heavy atom. The van der Waals surface area contributed by atoms with Crippen molar-refractivity contribution in [2.45, 2.75) is 26.3 Å². The van der Waals surface area contributed by atoms with Gasteiger partial charge in [0.25, 0.3) is 5.91 Å². The Morgan fingerprint density at radius 1 is 1.32 bits per heavy atom. The highest BCUT2D eigenvalue weighted by Crippen LogP contribution is 2.22. The monoisotopic (exact) mass is 304 g/mol. The Labute approximate surface area is 121 Å². The number of halogens is 2. The molecule has 0 saturated heterocycles. The average molecular weight is 305 g/mol. The zero-order chi connectivity index (χ0) is 14.8. The van der Waals surface area contributed by atoms with Crippen molar-refractivity contribution in [1.29, 1.82) is 0 Å². The van der Waals surface area contributed by atoms with E-state index in [0.29, 0.717) is 0 Å². The summed E-state index contributed by atoms with van der Waals surface area (Å²) in [6.45, 7) is 4.81. The SMILES string of the molecule is CC(C)(C)N(CC(=O)O)C(=O)c1ccc(Cl)nc1Cl. The number of amides is 1. The highest BCUT2D eigenvalue weighted by Gasteiger charge is 2.30. The zero-order valence-corrected chi connectivity index (χ0v) is 12.3. The summed E-state index contributed by atoms with van der Waals surface area (Å²) in [5, 5.41) is 9.02. The maximum absolute atomic E-state index is 12.4. The highest BCUT2D eigenvalue weighted by molar-refractivity contribution is 6.34. The number of aliphatic carboxylic acids is 1. The van der Waals surface area contributed by atoms with Gasteiger partial charge in [0.1, 0.15) is 16.9 Å². The molecule has 104 valence electrons. The van der Waals surface area contributed by atoms with Crippen LogP contribution < -0.4 is 0 Å². The number of hydrogen-bond donors (Lipinski definition) is 1. The molecule has 0 aliphatic rings. The molecular formula is C12H14Cl2N2O3. The lowest BCUT2D eigenvalue weighted by atomic mass is 10.0. The predicted molar refractivity (Wildman–Crippen MR) is 72.7 cm³/mol. The molecule has 0 bridgehead atoms. The van der Waals surface area contributed by atoms with E-state index in [4.69, 9.17) is 28.3 Å². The molecule has 1 aromatic rings. The van der Waals surface area contributed by atoms with E-state index in [2.05, 4.69) is 4.98 Å². The van der Waals surface area contributed by atoms with Crippen molar-refractivity contribution in [3.63, 3.8) is 0 Å². The van der Waals surface area contributed by atoms with Crippen LogP contribution in [0.4, 0.5) is 0 Å². The van der Waals surface area contributed by atoms with E-state index in [1.165, 1.54) is 17.0 Å². The first-order valence-corrected chi connectivity index (χ1v) is 6.24. The van der Waals surface area contributed by atoms with Crippen molar-refractivity contribution in [3.8, 4) is 0 Å². The van der Waals surface area contributed by atoms with Crippen LogP contribution in [-0.2, 0) is 4.79 Å². The number of nitrogens with zero attached hydrogens (tertiary/aromatic N) is 2. The molecule has 0 aliphatic carbocycles. The van der Waals surface area contributed by atoms with Gasteiger partial charge in [0.05, 0.1) is 5.56 Å². The number of carboxylic acid groups (broad SMARTS) is 1. The molecule has 5 nitrogen and oxygen atoms in total. The van der Waals surface area contributed by atoms with Gasteiger partial charge >= 0.3 is 5.97 Å². The van der Waals surface area contributed by atoms with E-state index in [0.717, 1.165) is 0 Å². The fourth-order valence-electron chi connectivity index (χ4n) is 1.47. The van der Waals surface area contributed by atoms with Crippen LogP contribution in [-0.4, -0.2) is 39.0 Å². The third kappa shape index (κ3) is 4.08. The summed E-state index contributed by atoms with van der Waals surface area (Å²) in [6, 6.07) is 2.86. The van der Waals surface area contributed by atoms with Crippen molar-refractivity contribution in [1.82, 2.24) is 9.88 Å². The van der Waals surface area contributed by atoms with Crippen molar-refractivity contribution >= 4 is 35.1 Å². The fraction of sp³-hybridized carbons (Fsp3) is 0.417. The van der Waals surface area contributed by atoms with E-state index in [1.807, 2.05) is 0 Å². The molecule has 1 rings (SSSR count). The second-order valence-corrected chi connectivity index (χ2v) is 5.67. The maximum Gasteiger partial charge on any atom is 0.323 e. The van der Waals surface area contributed by atoms with Gasteiger partial charge in [-0.15, -0.1) is 0 Å². The van der Waals surface area contributed by atoms with Gasteiger partial charge < -0.3 is 10.0 Å². The quantitative estimate of drug-likeness (QED) is 0.872. The molecule has 19 heavy (non-hydrogen) atoms. The Balaban J connectivity index is 3.16. The summed E-state index contributed by atoms with van der Waals surface area (Å²) in [4.78, 5) is 28.2. The minimum absolute atomic E-state index is 0.0443. The van der Waals surface area contributed by atoms with E-state index < -0.39 is 24.0 Å². The lowest BCUT2D eigenvalue weighted by molar-refractivity contribution is -0.138. The van der Waals surface area contributed by atoms with Crippen LogP contribution >= 0.6 is 23.2 Å². The van der Waals surface area contributed by atoms with E-state index in [-0.39, 0.29) is 15.9 Å². The number of rotatable bonds is 3. The lowest BCUT2D eigenvalue weighted by Crippen LogP contribution is -2.48. The minimum Gasteiger partial charge on any atom is -0.480 e. The van der Waals surface area contributed by atoms with E-state index in [1.54, 1.807) is 20.8 Å². The van der Waals surface area contributed by atoms with Crippen LogP contribution in [0, 0.1) is 0 Å². The number of carbonyl (C=O) groups excluding carboxylic acids is 1. The Bertz CT molecular complexity index is 512. The fourth-order valence-corrected chi connectivity index (χ4v) is 1.89. The van der Waals surface area contributed by atoms with Crippen LogP contribution in [0.25, 0.3) is 0 Å². The molecule has 7 heteroatoms. The highest BCUT2D eigenvalue weighted by atomic mass is 35.5. The minimum atomic E-state index is -1.10. The predicted octanol–water partition coefficient (Wildman–Crippen LogP) is 2.71. The molecule has 0 radical (unpaired) electrons. The number of carbonyl (C=O) groups is 2. The Kier molecular flexibility index (Phi) is 4.76. The molecule has 1 aromatic heterocycles. The van der Waals surface area contributed by atoms with Crippen LogP contribution in [0.5, 0.6) is 0 Å². The summed E-state index contributed by atoms with van der Waals surface area (Å²) in [6.07, 6.45) is 0. The molecule has 0 aliphatic heterocycles. The lowest BCUT2D eigenvalue weighted by Gasteiger charge is -2.34. The smallest absolute Gasteiger partial charge is 0.323 e. The van der Waals surface area contributed by atoms with Gasteiger partial charge in [-0.25, -0.2) is 4.98 Å². The van der Waals surface area contributed by atoms with Crippen LogP contribution in [0.15, 0.2) is 12.1 Å². The molecule has 0 saturated carbocycles. The summed E-state index contributed by atoms with van der Waals surface area (Å²) in [5.41, 5.74) is -0.527. The molecule has 0 unspecified atom stereocenters. The van der Waals surface area contributed by atoms with E-state index in [9.17, 15) is 9.59 Å². The molecule has 1 N–H and O–H groups in total. The standard InChI is InChI=1S/C12H14Cl2N2O3/c1-12(2,3)16(6-9(17)18)11(19)7-4-5-8(13)15-10(7)14/h4-5H,6H2,1-3H3,(H,17,18). The molecule has 0 spiro atoms. The topological polar surface area (TPSA) is 70.5 Å². The largest absolute Gasteiger partial charge is 0.480 e. The van der Waals surface area contributed by atoms with Gasteiger partial charge in [0.15, 0.2) is 0 Å². The summed E-state index contributed by atoms with van der Waals surface area (Å²) >= 11 is 11.5. The summed E-state index contributed by atoms with van der Waals surface area (Å²) in [5.74, 6) is -1.59. The van der Waals surface area contributed by atoms with Crippen molar-refractivity contribution < 1.29 is 14.7 Å². The van der Waals surface area contributed by atoms with Crippen LogP contribution in [0.2, 0.25) is 10.3 Å². The van der Waals surface area contributed by atoms with E-state index >= 15 is 0 Å². The Morgan fingerprint density at radius 3 is 2.32 bits per heavy atom. The first-order valence-electron chi connectivity index (χ1n) is 5.48.